The molecule has 3 aliphatic rings. The van der Waals surface area contributed by atoms with Crippen LogP contribution in [-0.4, -0.2) is 29.3 Å². The number of halogens is 1. The number of thiocarbonyl (C=S) groups is 1. The van der Waals surface area contributed by atoms with Crippen LogP contribution in [0.25, 0.3) is 0 Å². The Balaban J connectivity index is 1.35. The summed E-state index contributed by atoms with van der Waals surface area (Å²) in [5, 5.41) is 8.37. The van der Waals surface area contributed by atoms with Gasteiger partial charge in [-0.05, 0) is 75.4 Å². The molecule has 1 aromatic rings. The number of anilines is 1. The second-order valence-corrected chi connectivity index (χ2v) is 9.28. The van der Waals surface area contributed by atoms with Gasteiger partial charge < -0.3 is 15.5 Å². The summed E-state index contributed by atoms with van der Waals surface area (Å²) in [6, 6.07) is 10.9. The van der Waals surface area contributed by atoms with Gasteiger partial charge in [-0.1, -0.05) is 24.1 Å². The molecule has 1 aliphatic carbocycles. The van der Waals surface area contributed by atoms with E-state index >= 15 is 0 Å². The smallest absolute Gasteiger partial charge is 0.171 e. The topological polar surface area (TPSA) is 28.5 Å². The van der Waals surface area contributed by atoms with Crippen LogP contribution in [0, 0.1) is 0 Å². The Morgan fingerprint density at radius 1 is 0.962 bits per heavy atom. The van der Waals surface area contributed by atoms with Crippen LogP contribution >= 0.6 is 23.8 Å². The van der Waals surface area contributed by atoms with Crippen molar-refractivity contribution < 1.29 is 4.90 Å². The van der Waals surface area contributed by atoms with Gasteiger partial charge >= 0.3 is 0 Å². The van der Waals surface area contributed by atoms with Crippen LogP contribution in [0.15, 0.2) is 24.3 Å². The molecule has 0 spiro atoms. The van der Waals surface area contributed by atoms with Crippen molar-refractivity contribution in [2.75, 3.05) is 5.32 Å². The van der Waals surface area contributed by atoms with Crippen LogP contribution in [0.3, 0.4) is 0 Å². The average Bonchev–Trinajstić information content (AvgIpc) is 2.61. The Kier molecular flexibility index (Phi) is 6.02. The minimum absolute atomic E-state index is 0.511. The lowest BCUT2D eigenvalue weighted by Crippen LogP contribution is -3.24. The molecule has 4 atom stereocenters. The fourth-order valence-corrected chi connectivity index (χ4v) is 6.18. The predicted molar refractivity (Wildman–Crippen MR) is 113 cm³/mol. The number of benzene rings is 1. The first kappa shape index (κ1) is 18.5. The maximum absolute atomic E-state index is 6.07. The van der Waals surface area contributed by atoms with Gasteiger partial charge in [-0.2, -0.15) is 0 Å². The molecule has 2 saturated heterocycles. The van der Waals surface area contributed by atoms with Crippen molar-refractivity contribution in [2.24, 2.45) is 0 Å². The molecule has 5 heteroatoms. The molecule has 3 fully saturated rings. The van der Waals surface area contributed by atoms with E-state index in [0.29, 0.717) is 6.04 Å². The first-order chi connectivity index (χ1) is 12.7. The molecule has 1 saturated carbocycles. The molecule has 2 heterocycles. The molecule has 0 aromatic heterocycles. The predicted octanol–water partition coefficient (Wildman–Crippen LogP) is 3.93. The van der Waals surface area contributed by atoms with Crippen molar-refractivity contribution in [3.63, 3.8) is 0 Å². The van der Waals surface area contributed by atoms with Crippen LogP contribution < -0.4 is 15.5 Å². The van der Waals surface area contributed by atoms with Gasteiger partial charge in [0.05, 0.1) is 18.1 Å². The van der Waals surface area contributed by atoms with Gasteiger partial charge in [0, 0.05) is 29.6 Å². The summed E-state index contributed by atoms with van der Waals surface area (Å²) in [4.78, 5) is 1.96. The molecular weight excluding hydrogens is 362 g/mol. The van der Waals surface area contributed by atoms with Crippen LogP contribution in [0.2, 0.25) is 5.02 Å². The van der Waals surface area contributed by atoms with Crippen LogP contribution in [0.5, 0.6) is 0 Å². The zero-order valence-corrected chi connectivity index (χ0v) is 17.0. The lowest BCUT2D eigenvalue weighted by Gasteiger charge is -2.50. The van der Waals surface area contributed by atoms with Crippen LogP contribution in [0.1, 0.15) is 64.2 Å². The van der Waals surface area contributed by atoms with Crippen molar-refractivity contribution >= 4 is 34.6 Å². The van der Waals surface area contributed by atoms with Crippen LogP contribution in [0.4, 0.5) is 5.69 Å². The van der Waals surface area contributed by atoms with Crippen LogP contribution in [-0.2, 0) is 0 Å². The monoisotopic (exact) mass is 392 g/mol. The second-order valence-electron chi connectivity index (χ2n) is 8.44. The zero-order valence-electron chi connectivity index (χ0n) is 15.5. The largest absolute Gasteiger partial charge is 0.359 e. The van der Waals surface area contributed by atoms with E-state index in [-0.39, 0.29) is 0 Å². The van der Waals surface area contributed by atoms with E-state index in [1.54, 1.807) is 0 Å². The number of rotatable bonds is 3. The maximum atomic E-state index is 6.07. The quantitative estimate of drug-likeness (QED) is 0.680. The molecular formula is C21H31ClN3S+. The Hall–Kier alpha value is -0.840. The van der Waals surface area contributed by atoms with E-state index in [2.05, 4.69) is 10.6 Å². The van der Waals surface area contributed by atoms with E-state index in [1.165, 1.54) is 64.2 Å². The summed E-state index contributed by atoms with van der Waals surface area (Å²) >= 11 is 11.6. The molecule has 142 valence electrons. The summed E-state index contributed by atoms with van der Waals surface area (Å²) in [5.74, 6) is 0. The number of quaternary nitrogens is 1. The van der Waals surface area contributed by atoms with Crippen molar-refractivity contribution in [3.05, 3.63) is 29.3 Å². The van der Waals surface area contributed by atoms with Gasteiger partial charge in [0.2, 0.25) is 0 Å². The average molecular weight is 393 g/mol. The summed E-state index contributed by atoms with van der Waals surface area (Å²) in [7, 11) is 0. The highest BCUT2D eigenvalue weighted by molar-refractivity contribution is 7.80. The highest BCUT2D eigenvalue weighted by atomic mass is 35.5. The molecule has 1 aromatic carbocycles. The third-order valence-corrected chi connectivity index (χ3v) is 7.14. The molecule has 0 amide bonds. The molecule has 0 radical (unpaired) electrons. The lowest BCUT2D eigenvalue weighted by molar-refractivity contribution is -0.984. The van der Waals surface area contributed by atoms with Crippen molar-refractivity contribution in [3.8, 4) is 0 Å². The first-order valence-corrected chi connectivity index (χ1v) is 11.2. The van der Waals surface area contributed by atoms with Gasteiger partial charge in [0.25, 0.3) is 0 Å². The maximum Gasteiger partial charge on any atom is 0.171 e. The van der Waals surface area contributed by atoms with Gasteiger partial charge in [-0.15, -0.1) is 0 Å². The molecule has 3 N–H and O–H groups in total. The third kappa shape index (κ3) is 4.35. The number of piperidine rings is 2. The van der Waals surface area contributed by atoms with Crippen molar-refractivity contribution in [1.82, 2.24) is 5.32 Å². The molecule has 2 bridgehead atoms. The number of fused-ring (bicyclic) bond motifs is 2. The number of nitrogens with one attached hydrogen (secondary N) is 3. The fourth-order valence-electron chi connectivity index (χ4n) is 5.71. The van der Waals surface area contributed by atoms with E-state index in [4.69, 9.17) is 23.8 Å². The van der Waals surface area contributed by atoms with Crippen molar-refractivity contribution in [1.29, 1.82) is 0 Å². The summed E-state index contributed by atoms with van der Waals surface area (Å²) in [6.45, 7) is 0. The highest BCUT2D eigenvalue weighted by Gasteiger charge is 2.45. The normalized spacial score (nSPS) is 32.0. The molecule has 2 unspecified atom stereocenters. The molecule has 4 rings (SSSR count). The fraction of sp³-hybridized carbons (Fsp3) is 0.667. The summed E-state index contributed by atoms with van der Waals surface area (Å²) in [5.41, 5.74) is 0.959. The van der Waals surface area contributed by atoms with Crippen molar-refractivity contribution in [2.45, 2.75) is 88.4 Å². The van der Waals surface area contributed by atoms with E-state index in [0.717, 1.165) is 33.9 Å². The third-order valence-electron chi connectivity index (χ3n) is 6.68. The minimum Gasteiger partial charge on any atom is -0.359 e. The SMILES string of the molecule is S=C(Nc1cccc(Cl)c1)NC1C[C@H]2CCC[C@@H](C1)[NH+]2C1CCCCC1. The Morgan fingerprint density at radius 2 is 1.65 bits per heavy atom. The minimum atomic E-state index is 0.511. The molecule has 2 aliphatic heterocycles. The molecule has 26 heavy (non-hydrogen) atoms. The van der Waals surface area contributed by atoms with E-state index in [1.807, 2.05) is 29.2 Å². The Morgan fingerprint density at radius 3 is 2.35 bits per heavy atom. The highest BCUT2D eigenvalue weighted by Crippen LogP contribution is 2.26. The standard InChI is InChI=1S/C21H30ClN3S/c22-15-6-4-7-16(12-15)23-21(26)24-17-13-19-10-5-11-20(14-17)25(19)18-8-2-1-3-9-18/h4,6-7,12,17-20H,1-3,5,8-11,13-14H2,(H2,23,24,26)/p+1/t17?,19-,20+. The zero-order chi connectivity index (χ0) is 17.9. The van der Waals surface area contributed by atoms with Gasteiger partial charge in [0.1, 0.15) is 0 Å². The first-order valence-electron chi connectivity index (χ1n) is 10.4. The Labute approximate surface area is 167 Å². The number of hydrogen-bond donors (Lipinski definition) is 3. The lowest BCUT2D eigenvalue weighted by atomic mass is 9.78. The summed E-state index contributed by atoms with van der Waals surface area (Å²) < 4.78 is 0. The Bertz CT molecular complexity index is 617. The van der Waals surface area contributed by atoms with Gasteiger partial charge in [0.15, 0.2) is 5.11 Å². The number of hydrogen-bond acceptors (Lipinski definition) is 1. The van der Waals surface area contributed by atoms with Gasteiger partial charge in [-0.25, -0.2) is 0 Å². The van der Waals surface area contributed by atoms with E-state index < -0.39 is 0 Å². The summed E-state index contributed by atoms with van der Waals surface area (Å²) in [6.07, 6.45) is 14.0. The second kappa shape index (κ2) is 8.45. The van der Waals surface area contributed by atoms with E-state index in [9.17, 15) is 0 Å². The van der Waals surface area contributed by atoms with Gasteiger partial charge in [-0.3, -0.25) is 0 Å². The molecule has 3 nitrogen and oxygen atoms in total.